The Morgan fingerprint density at radius 3 is 2.80 bits per heavy atom. The summed E-state index contributed by atoms with van der Waals surface area (Å²) in [5.74, 6) is -1.26. The number of carbonyl (C=O) groups excluding carboxylic acids is 1. The minimum Gasteiger partial charge on any atom is -0.384 e. The molecule has 0 atom stereocenters. The second-order valence-electron chi connectivity index (χ2n) is 3.19. The highest BCUT2D eigenvalue weighted by Gasteiger charge is 2.09. The van der Waals surface area contributed by atoms with Gasteiger partial charge in [-0.15, -0.1) is 0 Å². The van der Waals surface area contributed by atoms with Crippen LogP contribution in [0.25, 0.3) is 0 Å². The Balaban J connectivity index is 2.63. The van der Waals surface area contributed by atoms with Gasteiger partial charge in [-0.3, -0.25) is 4.79 Å². The van der Waals surface area contributed by atoms with Crippen molar-refractivity contribution >= 4 is 5.78 Å². The van der Waals surface area contributed by atoms with Gasteiger partial charge in [0.15, 0.2) is 0 Å². The molecule has 0 aliphatic rings. The van der Waals surface area contributed by atoms with Crippen molar-refractivity contribution in [3.05, 3.63) is 35.4 Å². The number of carbonyl (C=O) groups is 1. The van der Waals surface area contributed by atoms with Gasteiger partial charge in [0, 0.05) is 20.0 Å². The summed E-state index contributed by atoms with van der Waals surface area (Å²) in [5.41, 5.74) is 0.0936. The van der Waals surface area contributed by atoms with E-state index in [-0.39, 0.29) is 24.2 Å². The van der Waals surface area contributed by atoms with Crippen LogP contribution < -0.4 is 0 Å². The minimum absolute atomic E-state index is 0.0903. The fraction of sp³-hybridized carbons (Fsp3) is 0.364. The maximum absolute atomic E-state index is 13.1. The van der Waals surface area contributed by atoms with Crippen LogP contribution in [-0.2, 0) is 16.0 Å². The lowest BCUT2D eigenvalue weighted by molar-refractivity contribution is -0.119. The van der Waals surface area contributed by atoms with Gasteiger partial charge in [-0.05, 0) is 23.8 Å². The predicted molar refractivity (Wildman–Crippen MR) is 51.6 cm³/mol. The quantitative estimate of drug-likeness (QED) is 0.750. The first kappa shape index (κ1) is 11.8. The number of rotatable bonds is 5. The molecule has 0 aromatic heterocycles. The van der Waals surface area contributed by atoms with E-state index >= 15 is 0 Å². The highest BCUT2D eigenvalue weighted by molar-refractivity contribution is 5.80. The highest BCUT2D eigenvalue weighted by atomic mass is 19.1. The van der Waals surface area contributed by atoms with E-state index in [4.69, 9.17) is 4.74 Å². The largest absolute Gasteiger partial charge is 0.384 e. The maximum atomic E-state index is 13.1. The lowest BCUT2D eigenvalue weighted by Gasteiger charge is -2.02. The summed E-state index contributed by atoms with van der Waals surface area (Å²) in [7, 11) is 1.48. The fourth-order valence-electron chi connectivity index (χ4n) is 1.20. The standard InChI is InChI=1S/C11H12F2O2/c1-15-5-4-10(14)7-8-6-9(12)2-3-11(8)13/h2-3,6H,4-5,7H2,1H3. The van der Waals surface area contributed by atoms with Crippen molar-refractivity contribution in [2.75, 3.05) is 13.7 Å². The maximum Gasteiger partial charge on any atom is 0.139 e. The van der Waals surface area contributed by atoms with Gasteiger partial charge in [0.05, 0.1) is 6.61 Å². The van der Waals surface area contributed by atoms with Crippen LogP contribution in [0.3, 0.4) is 0 Å². The molecule has 0 aliphatic heterocycles. The Labute approximate surface area is 86.9 Å². The molecule has 0 aliphatic carbocycles. The molecule has 82 valence electrons. The Bertz CT molecular complexity index is 350. The summed E-state index contributed by atoms with van der Waals surface area (Å²) in [6.45, 7) is 0.301. The number of ether oxygens (including phenoxy) is 1. The Kier molecular flexibility index (Phi) is 4.37. The van der Waals surface area contributed by atoms with Crippen LogP contribution in [0, 0.1) is 11.6 Å². The second-order valence-corrected chi connectivity index (χ2v) is 3.19. The number of methoxy groups -OCH3 is 1. The van der Waals surface area contributed by atoms with Crippen molar-refractivity contribution in [2.45, 2.75) is 12.8 Å². The zero-order valence-corrected chi connectivity index (χ0v) is 8.43. The number of ketones is 1. The van der Waals surface area contributed by atoms with E-state index in [2.05, 4.69) is 0 Å². The predicted octanol–water partition coefficient (Wildman–Crippen LogP) is 2.11. The fourth-order valence-corrected chi connectivity index (χ4v) is 1.20. The van der Waals surface area contributed by atoms with E-state index < -0.39 is 11.6 Å². The lowest BCUT2D eigenvalue weighted by atomic mass is 10.1. The summed E-state index contributed by atoms with van der Waals surface area (Å²) in [4.78, 5) is 11.3. The molecule has 0 unspecified atom stereocenters. The molecule has 15 heavy (non-hydrogen) atoms. The van der Waals surface area contributed by atoms with Gasteiger partial charge in [-0.2, -0.15) is 0 Å². The zero-order chi connectivity index (χ0) is 11.3. The van der Waals surface area contributed by atoms with E-state index in [1.54, 1.807) is 0 Å². The topological polar surface area (TPSA) is 26.3 Å². The number of Topliss-reactive ketones (excluding diaryl/α,β-unsaturated/α-hetero) is 1. The second kappa shape index (κ2) is 5.56. The first-order chi connectivity index (χ1) is 7.13. The first-order valence-corrected chi connectivity index (χ1v) is 4.58. The van der Waals surface area contributed by atoms with E-state index in [1.165, 1.54) is 7.11 Å². The molecule has 1 aromatic rings. The van der Waals surface area contributed by atoms with Crippen LogP contribution in [0.4, 0.5) is 8.78 Å². The molecule has 0 radical (unpaired) electrons. The molecule has 0 fully saturated rings. The van der Waals surface area contributed by atoms with Crippen LogP contribution in [0.1, 0.15) is 12.0 Å². The van der Waals surface area contributed by atoms with Crippen LogP contribution >= 0.6 is 0 Å². The molecule has 1 rings (SSSR count). The van der Waals surface area contributed by atoms with E-state index in [0.29, 0.717) is 6.61 Å². The van der Waals surface area contributed by atoms with Gasteiger partial charge in [0.25, 0.3) is 0 Å². The van der Waals surface area contributed by atoms with Gasteiger partial charge in [0.2, 0.25) is 0 Å². The molecule has 0 N–H and O–H groups in total. The first-order valence-electron chi connectivity index (χ1n) is 4.58. The van der Waals surface area contributed by atoms with E-state index in [1.807, 2.05) is 0 Å². The van der Waals surface area contributed by atoms with Gasteiger partial charge in [0.1, 0.15) is 17.4 Å². The van der Waals surface area contributed by atoms with Gasteiger partial charge in [-0.25, -0.2) is 8.78 Å². The van der Waals surface area contributed by atoms with Crippen LogP contribution in [0.5, 0.6) is 0 Å². The minimum atomic E-state index is -0.554. The zero-order valence-electron chi connectivity index (χ0n) is 8.43. The Morgan fingerprint density at radius 2 is 2.13 bits per heavy atom. The third-order valence-electron chi connectivity index (χ3n) is 1.98. The Hall–Kier alpha value is -1.29. The third kappa shape index (κ3) is 3.75. The van der Waals surface area contributed by atoms with Gasteiger partial charge < -0.3 is 4.74 Å². The van der Waals surface area contributed by atoms with Gasteiger partial charge in [-0.1, -0.05) is 0 Å². The molecule has 0 bridgehead atoms. The molecular formula is C11H12F2O2. The number of benzene rings is 1. The lowest BCUT2D eigenvalue weighted by Crippen LogP contribution is -2.07. The molecule has 0 spiro atoms. The van der Waals surface area contributed by atoms with Crippen molar-refractivity contribution in [1.82, 2.24) is 0 Å². The number of halogens is 2. The van der Waals surface area contributed by atoms with Crippen LogP contribution in [-0.4, -0.2) is 19.5 Å². The van der Waals surface area contributed by atoms with E-state index in [0.717, 1.165) is 18.2 Å². The summed E-state index contributed by atoms with van der Waals surface area (Å²) >= 11 is 0. The smallest absolute Gasteiger partial charge is 0.139 e. The summed E-state index contributed by atoms with van der Waals surface area (Å²) < 4.78 is 30.6. The molecule has 2 nitrogen and oxygen atoms in total. The summed E-state index contributed by atoms with van der Waals surface area (Å²) in [5, 5.41) is 0. The molecule has 0 amide bonds. The van der Waals surface area contributed by atoms with Crippen LogP contribution in [0.15, 0.2) is 18.2 Å². The summed E-state index contributed by atoms with van der Waals surface area (Å²) in [6, 6.07) is 3.09. The molecule has 4 heteroatoms. The SMILES string of the molecule is COCCC(=O)Cc1cc(F)ccc1F. The monoisotopic (exact) mass is 214 g/mol. The van der Waals surface area contributed by atoms with Crippen molar-refractivity contribution < 1.29 is 18.3 Å². The Morgan fingerprint density at radius 1 is 1.40 bits per heavy atom. The van der Waals surface area contributed by atoms with Crippen molar-refractivity contribution in [1.29, 1.82) is 0 Å². The molecule has 1 aromatic carbocycles. The number of hydrogen-bond acceptors (Lipinski definition) is 2. The molecule has 0 heterocycles. The van der Waals surface area contributed by atoms with Crippen molar-refractivity contribution in [3.63, 3.8) is 0 Å². The number of hydrogen-bond donors (Lipinski definition) is 0. The molecule has 0 saturated heterocycles. The summed E-state index contributed by atoms with van der Waals surface area (Å²) in [6.07, 6.45) is 0.124. The van der Waals surface area contributed by atoms with Crippen molar-refractivity contribution in [2.24, 2.45) is 0 Å². The van der Waals surface area contributed by atoms with Gasteiger partial charge >= 0.3 is 0 Å². The average Bonchev–Trinajstić information content (AvgIpc) is 2.20. The van der Waals surface area contributed by atoms with Crippen LogP contribution in [0.2, 0.25) is 0 Å². The molecular weight excluding hydrogens is 202 g/mol. The van der Waals surface area contributed by atoms with Crippen molar-refractivity contribution in [3.8, 4) is 0 Å². The van der Waals surface area contributed by atoms with E-state index in [9.17, 15) is 13.6 Å². The highest BCUT2D eigenvalue weighted by Crippen LogP contribution is 2.11. The normalized spacial score (nSPS) is 10.3. The average molecular weight is 214 g/mol. The molecule has 0 saturated carbocycles. The third-order valence-corrected chi connectivity index (χ3v) is 1.98.